The Hall–Kier alpha value is -1.92. The molecule has 2 aromatic heterocycles. The van der Waals surface area contributed by atoms with E-state index in [1.807, 2.05) is 35.4 Å². The maximum absolute atomic E-state index is 12.6. The number of pyridine rings is 1. The summed E-state index contributed by atoms with van der Waals surface area (Å²) in [4.78, 5) is 19.9. The molecule has 24 heavy (non-hydrogen) atoms. The van der Waals surface area contributed by atoms with Crippen molar-refractivity contribution in [2.24, 2.45) is 0 Å². The maximum Gasteiger partial charge on any atom is 0.318 e. The second kappa shape index (κ2) is 8.26. The minimum Gasteiger partial charge on any atom is -0.376 e. The standard InChI is InChI=1S/C18H23N3O2S/c1-14-6-7-15(10-19-14)11-20-18(22)21(12-16-4-2-8-23-16)13-17-5-3-9-24-17/h3,5-7,9-10,16H,2,4,8,11-13H2,1H3,(H,20,22). The summed E-state index contributed by atoms with van der Waals surface area (Å²) in [6.45, 7) is 4.49. The zero-order valence-electron chi connectivity index (χ0n) is 13.9. The number of nitrogens with zero attached hydrogens (tertiary/aromatic N) is 2. The van der Waals surface area contributed by atoms with Crippen LogP contribution in [0, 0.1) is 6.92 Å². The van der Waals surface area contributed by atoms with Gasteiger partial charge in [0.1, 0.15) is 0 Å². The molecule has 0 radical (unpaired) electrons. The van der Waals surface area contributed by atoms with Crippen LogP contribution in [-0.4, -0.2) is 35.2 Å². The highest BCUT2D eigenvalue weighted by molar-refractivity contribution is 7.09. The second-order valence-electron chi connectivity index (χ2n) is 6.06. The second-order valence-corrected chi connectivity index (χ2v) is 7.09. The molecule has 128 valence electrons. The molecule has 1 unspecified atom stereocenters. The molecule has 5 nitrogen and oxygen atoms in total. The number of ether oxygens (including phenoxy) is 1. The van der Waals surface area contributed by atoms with Gasteiger partial charge in [-0.25, -0.2) is 4.79 Å². The number of carbonyl (C=O) groups excluding carboxylic acids is 1. The smallest absolute Gasteiger partial charge is 0.318 e. The highest BCUT2D eigenvalue weighted by Crippen LogP contribution is 2.17. The van der Waals surface area contributed by atoms with E-state index in [1.54, 1.807) is 17.5 Å². The number of urea groups is 1. The number of rotatable bonds is 6. The first-order valence-corrected chi connectivity index (χ1v) is 9.17. The Morgan fingerprint density at radius 1 is 1.46 bits per heavy atom. The Kier molecular flexibility index (Phi) is 5.82. The number of hydrogen-bond acceptors (Lipinski definition) is 4. The summed E-state index contributed by atoms with van der Waals surface area (Å²) < 4.78 is 5.70. The summed E-state index contributed by atoms with van der Waals surface area (Å²) in [6, 6.07) is 7.97. The molecule has 3 heterocycles. The van der Waals surface area contributed by atoms with Crippen LogP contribution in [0.15, 0.2) is 35.8 Å². The van der Waals surface area contributed by atoms with E-state index >= 15 is 0 Å². The summed E-state index contributed by atoms with van der Waals surface area (Å²) >= 11 is 1.67. The van der Waals surface area contributed by atoms with Crippen molar-refractivity contribution in [3.8, 4) is 0 Å². The fraction of sp³-hybridized carbons (Fsp3) is 0.444. The van der Waals surface area contributed by atoms with Crippen molar-refractivity contribution >= 4 is 17.4 Å². The van der Waals surface area contributed by atoms with Gasteiger partial charge >= 0.3 is 6.03 Å². The average molecular weight is 345 g/mol. The van der Waals surface area contributed by atoms with Crippen LogP contribution in [0.4, 0.5) is 4.79 Å². The van der Waals surface area contributed by atoms with E-state index in [0.717, 1.165) is 30.7 Å². The zero-order chi connectivity index (χ0) is 16.8. The van der Waals surface area contributed by atoms with Crippen molar-refractivity contribution in [3.05, 3.63) is 52.0 Å². The van der Waals surface area contributed by atoms with Gasteiger partial charge in [-0.05, 0) is 42.8 Å². The van der Waals surface area contributed by atoms with E-state index in [4.69, 9.17) is 4.74 Å². The predicted molar refractivity (Wildman–Crippen MR) is 94.9 cm³/mol. The third kappa shape index (κ3) is 4.79. The predicted octanol–water partition coefficient (Wildman–Crippen LogP) is 3.34. The molecule has 2 amide bonds. The average Bonchev–Trinajstić information content (AvgIpc) is 3.27. The lowest BCUT2D eigenvalue weighted by Crippen LogP contribution is -2.42. The number of aryl methyl sites for hydroxylation is 1. The van der Waals surface area contributed by atoms with Crippen LogP contribution in [0.3, 0.4) is 0 Å². The fourth-order valence-electron chi connectivity index (χ4n) is 2.74. The van der Waals surface area contributed by atoms with Gasteiger partial charge in [-0.15, -0.1) is 11.3 Å². The van der Waals surface area contributed by atoms with Crippen molar-refractivity contribution in [1.82, 2.24) is 15.2 Å². The molecule has 1 saturated heterocycles. The van der Waals surface area contributed by atoms with Gasteiger partial charge in [-0.3, -0.25) is 4.98 Å². The molecule has 0 saturated carbocycles. The minimum atomic E-state index is -0.0560. The van der Waals surface area contributed by atoms with Crippen molar-refractivity contribution in [2.45, 2.75) is 39.0 Å². The number of aromatic nitrogens is 1. The summed E-state index contributed by atoms with van der Waals surface area (Å²) in [7, 11) is 0. The SMILES string of the molecule is Cc1ccc(CNC(=O)N(Cc2cccs2)CC2CCCO2)cn1. The van der Waals surface area contributed by atoms with Crippen molar-refractivity contribution < 1.29 is 9.53 Å². The molecule has 1 aliphatic heterocycles. The van der Waals surface area contributed by atoms with Crippen LogP contribution in [0.1, 0.15) is 29.0 Å². The normalized spacial score (nSPS) is 17.0. The van der Waals surface area contributed by atoms with Crippen LogP contribution < -0.4 is 5.32 Å². The first kappa shape index (κ1) is 16.9. The third-order valence-electron chi connectivity index (χ3n) is 4.08. The molecule has 1 atom stereocenters. The monoisotopic (exact) mass is 345 g/mol. The van der Waals surface area contributed by atoms with Gasteiger partial charge in [-0.1, -0.05) is 12.1 Å². The van der Waals surface area contributed by atoms with Crippen molar-refractivity contribution in [1.29, 1.82) is 0 Å². The van der Waals surface area contributed by atoms with Crippen LogP contribution in [0.2, 0.25) is 0 Å². The lowest BCUT2D eigenvalue weighted by Gasteiger charge is -2.25. The van der Waals surface area contributed by atoms with E-state index in [-0.39, 0.29) is 12.1 Å². The van der Waals surface area contributed by atoms with E-state index < -0.39 is 0 Å². The van der Waals surface area contributed by atoms with Crippen LogP contribution in [0.25, 0.3) is 0 Å². The number of hydrogen-bond donors (Lipinski definition) is 1. The van der Waals surface area contributed by atoms with Crippen LogP contribution in [0.5, 0.6) is 0 Å². The molecule has 1 N–H and O–H groups in total. The Bertz CT molecular complexity index is 637. The van der Waals surface area contributed by atoms with E-state index in [0.29, 0.717) is 19.6 Å². The minimum absolute atomic E-state index is 0.0560. The van der Waals surface area contributed by atoms with Crippen LogP contribution >= 0.6 is 11.3 Å². The highest BCUT2D eigenvalue weighted by atomic mass is 32.1. The molecule has 3 rings (SSSR count). The van der Waals surface area contributed by atoms with Crippen molar-refractivity contribution in [2.75, 3.05) is 13.2 Å². The summed E-state index contributed by atoms with van der Waals surface area (Å²) in [5.74, 6) is 0. The Balaban J connectivity index is 1.59. The third-order valence-corrected chi connectivity index (χ3v) is 4.94. The lowest BCUT2D eigenvalue weighted by molar-refractivity contribution is 0.0796. The lowest BCUT2D eigenvalue weighted by atomic mass is 10.2. The van der Waals surface area contributed by atoms with Gasteiger partial charge in [0.2, 0.25) is 0 Å². The molecule has 0 aromatic carbocycles. The van der Waals surface area contributed by atoms with Gasteiger partial charge < -0.3 is 15.0 Å². The summed E-state index contributed by atoms with van der Waals surface area (Å²) in [5.41, 5.74) is 1.98. The number of carbonyl (C=O) groups is 1. The molecule has 1 aliphatic rings. The number of amides is 2. The molecule has 0 spiro atoms. The Morgan fingerprint density at radius 3 is 3.04 bits per heavy atom. The molecule has 2 aromatic rings. The molecule has 0 aliphatic carbocycles. The van der Waals surface area contributed by atoms with Gasteiger partial charge in [0.05, 0.1) is 12.6 Å². The van der Waals surface area contributed by atoms with E-state index in [9.17, 15) is 4.79 Å². The first-order chi connectivity index (χ1) is 11.7. The number of nitrogens with one attached hydrogen (secondary N) is 1. The van der Waals surface area contributed by atoms with E-state index in [1.165, 1.54) is 4.88 Å². The topological polar surface area (TPSA) is 54.5 Å². The van der Waals surface area contributed by atoms with E-state index in [2.05, 4.69) is 16.4 Å². The van der Waals surface area contributed by atoms with Gasteiger partial charge in [0.15, 0.2) is 0 Å². The molecular formula is C18H23N3O2S. The highest BCUT2D eigenvalue weighted by Gasteiger charge is 2.23. The Morgan fingerprint density at radius 2 is 2.38 bits per heavy atom. The molecule has 6 heteroatoms. The fourth-order valence-corrected chi connectivity index (χ4v) is 3.46. The van der Waals surface area contributed by atoms with Gasteiger partial charge in [0, 0.05) is 36.5 Å². The van der Waals surface area contributed by atoms with Crippen LogP contribution in [-0.2, 0) is 17.8 Å². The van der Waals surface area contributed by atoms with Gasteiger partial charge in [0.25, 0.3) is 0 Å². The maximum atomic E-state index is 12.6. The molecular weight excluding hydrogens is 322 g/mol. The van der Waals surface area contributed by atoms with Gasteiger partial charge in [-0.2, -0.15) is 0 Å². The van der Waals surface area contributed by atoms with Crippen molar-refractivity contribution in [3.63, 3.8) is 0 Å². The summed E-state index contributed by atoms with van der Waals surface area (Å²) in [6.07, 6.45) is 4.06. The zero-order valence-corrected chi connectivity index (χ0v) is 14.7. The first-order valence-electron chi connectivity index (χ1n) is 8.29. The summed E-state index contributed by atoms with van der Waals surface area (Å²) in [5, 5.41) is 5.04. The largest absolute Gasteiger partial charge is 0.376 e. The molecule has 0 bridgehead atoms. The molecule has 1 fully saturated rings. The Labute approximate surface area is 146 Å². The quantitative estimate of drug-likeness (QED) is 0.873. The number of thiophene rings is 1.